The first kappa shape index (κ1) is 43.5. The molecule has 0 N–H and O–H groups in total. The lowest BCUT2D eigenvalue weighted by atomic mass is 10.1. The van der Waals surface area contributed by atoms with E-state index in [9.17, 15) is 5.26 Å². The van der Waals surface area contributed by atoms with Crippen molar-refractivity contribution in [2.45, 2.75) is 39.2 Å². The third-order valence-corrected chi connectivity index (χ3v) is 20.9. The fourth-order valence-corrected chi connectivity index (χ4v) is 17.8. The summed E-state index contributed by atoms with van der Waals surface area (Å²) in [5.74, 6) is 1.58. The van der Waals surface area contributed by atoms with Crippen LogP contribution < -0.4 is 0 Å². The largest absolute Gasteiger partial charge is 0.278 e. The van der Waals surface area contributed by atoms with Gasteiger partial charge in [0.1, 0.15) is 0 Å². The first-order chi connectivity index (χ1) is 35.2. The summed E-state index contributed by atoms with van der Waals surface area (Å²) in [4.78, 5) is 26.1. The lowest BCUT2D eigenvalue weighted by Crippen LogP contribution is -2.08. The molecule has 2 heterocycles. The molecule has 0 saturated heterocycles. The SMILES string of the molecule is N#Cc1ccc2c(c1)c1ccccc1n2-c1nc(-c2cccc(S(c3ccccc3)(c3ccccc3)c3ccccc3)c2)nc(-c2cccc(S(c3ccccc3)(c3ccccc3)c3ccccc3)c2)n1. The predicted molar refractivity (Wildman–Crippen MR) is 290 cm³/mol. The van der Waals surface area contributed by atoms with Crippen molar-refractivity contribution in [1.82, 2.24) is 19.5 Å². The predicted octanol–water partition coefficient (Wildman–Crippen LogP) is 16.9. The number of fused-ring (bicyclic) bond motifs is 3. The van der Waals surface area contributed by atoms with Crippen molar-refractivity contribution in [1.29, 1.82) is 5.26 Å². The standard InChI is InChI=1S/C64H45N5S2/c65-46-47-41-42-61-59(43-47)58-39-19-20-40-60(58)69(61)64-67-62(48-23-21-37-56(44-48)70(50-25-7-1-8-26-50,51-27-9-2-10-28-51)52-29-11-3-12-30-52)66-63(68-64)49-24-22-38-57(45-49)71(53-31-13-4-14-32-53,54-33-15-5-16-34-54)55-35-17-6-18-36-55/h1-45H. The average Bonchev–Trinajstić information content (AvgIpc) is 3.79. The molecule has 0 saturated carbocycles. The molecule has 0 aliphatic rings. The second-order valence-electron chi connectivity index (χ2n) is 17.1. The summed E-state index contributed by atoms with van der Waals surface area (Å²) in [5, 5.41) is 12.0. The van der Waals surface area contributed by atoms with Gasteiger partial charge in [0.25, 0.3) is 0 Å². The third-order valence-electron chi connectivity index (χ3n) is 13.1. The van der Waals surface area contributed by atoms with Crippen molar-refractivity contribution >= 4 is 41.9 Å². The van der Waals surface area contributed by atoms with Crippen LogP contribution in [0.4, 0.5) is 0 Å². The highest BCUT2D eigenvalue weighted by atomic mass is 32.3. The summed E-state index contributed by atoms with van der Waals surface area (Å²) in [5.41, 5.74) is 4.16. The Morgan fingerprint density at radius 3 is 1.06 bits per heavy atom. The van der Waals surface area contributed by atoms with Gasteiger partial charge < -0.3 is 0 Å². The maximum atomic E-state index is 10.0. The van der Waals surface area contributed by atoms with E-state index in [1.807, 2.05) is 30.3 Å². The van der Waals surface area contributed by atoms with Crippen molar-refractivity contribution < 1.29 is 0 Å². The molecular formula is C64H45N5S2. The lowest BCUT2D eigenvalue weighted by Gasteiger charge is -2.42. The van der Waals surface area contributed by atoms with Gasteiger partial charge in [-0.05, 0) is 121 Å². The second-order valence-corrected chi connectivity index (χ2v) is 23.4. The van der Waals surface area contributed by atoms with Gasteiger partial charge in [0.2, 0.25) is 5.95 Å². The number of hydrogen-bond acceptors (Lipinski definition) is 4. The molecule has 0 unspecified atom stereocenters. The molecule has 0 spiro atoms. The molecule has 0 radical (unpaired) electrons. The van der Waals surface area contributed by atoms with Crippen LogP contribution >= 0.6 is 20.1 Å². The molecule has 0 atom stereocenters. The zero-order chi connectivity index (χ0) is 47.6. The number of rotatable bonds is 11. The minimum absolute atomic E-state index is 0.484. The molecule has 12 aromatic rings. The van der Waals surface area contributed by atoms with E-state index in [1.165, 1.54) is 29.4 Å². The molecule has 12 rings (SSSR count). The van der Waals surface area contributed by atoms with Crippen LogP contribution in [0.3, 0.4) is 0 Å². The third kappa shape index (κ3) is 7.49. The second kappa shape index (κ2) is 18.6. The van der Waals surface area contributed by atoms with Crippen LogP contribution in [0.5, 0.6) is 0 Å². The van der Waals surface area contributed by atoms with Crippen LogP contribution in [-0.4, -0.2) is 19.5 Å². The van der Waals surface area contributed by atoms with Gasteiger partial charge in [-0.1, -0.05) is 152 Å². The summed E-state index contributed by atoms with van der Waals surface area (Å²) >= 11 is 0. The summed E-state index contributed by atoms with van der Waals surface area (Å²) < 4.78 is 2.12. The van der Waals surface area contributed by atoms with Crippen LogP contribution in [0.1, 0.15) is 5.56 Å². The van der Waals surface area contributed by atoms with E-state index < -0.39 is 20.1 Å². The Hall–Kier alpha value is -8.80. The summed E-state index contributed by atoms with van der Waals surface area (Å²) in [6.45, 7) is 0. The van der Waals surface area contributed by atoms with E-state index in [0.717, 1.165) is 42.7 Å². The minimum atomic E-state index is -2.02. The molecule has 0 bridgehead atoms. The fourth-order valence-electron chi connectivity index (χ4n) is 10.0. The average molecular weight is 948 g/mol. The maximum Gasteiger partial charge on any atom is 0.238 e. The highest BCUT2D eigenvalue weighted by molar-refractivity contribution is 8.34. The van der Waals surface area contributed by atoms with Gasteiger partial charge in [0.15, 0.2) is 11.6 Å². The van der Waals surface area contributed by atoms with E-state index in [1.54, 1.807) is 0 Å². The van der Waals surface area contributed by atoms with E-state index in [2.05, 4.69) is 253 Å². The van der Waals surface area contributed by atoms with Gasteiger partial charge in [-0.25, -0.2) is 4.98 Å². The molecule has 7 heteroatoms. The van der Waals surface area contributed by atoms with Gasteiger partial charge in [0, 0.05) is 61.1 Å². The van der Waals surface area contributed by atoms with Gasteiger partial charge in [-0.2, -0.15) is 15.2 Å². The van der Waals surface area contributed by atoms with E-state index in [4.69, 9.17) is 15.0 Å². The highest BCUT2D eigenvalue weighted by Gasteiger charge is 2.35. The number of nitrogens with zero attached hydrogens (tertiary/aromatic N) is 5. The molecule has 338 valence electrons. The summed E-state index contributed by atoms with van der Waals surface area (Å²) in [7, 11) is -4.05. The van der Waals surface area contributed by atoms with Crippen molar-refractivity contribution in [2.75, 3.05) is 0 Å². The molecular weight excluding hydrogens is 903 g/mol. The van der Waals surface area contributed by atoms with E-state index >= 15 is 0 Å². The molecule has 0 amide bonds. The fraction of sp³-hybridized carbons (Fsp3) is 0. The van der Waals surface area contributed by atoms with Crippen LogP contribution in [-0.2, 0) is 0 Å². The normalized spacial score (nSPS) is 12.1. The Balaban J connectivity index is 1.13. The summed E-state index contributed by atoms with van der Waals surface area (Å²) in [6, 6.07) is 99.4. The number of hydrogen-bond donors (Lipinski definition) is 0. The molecule has 0 aliphatic carbocycles. The van der Waals surface area contributed by atoms with E-state index in [-0.39, 0.29) is 0 Å². The van der Waals surface area contributed by atoms with Crippen LogP contribution in [0, 0.1) is 11.3 Å². The monoisotopic (exact) mass is 947 g/mol. The quantitative estimate of drug-likeness (QED) is 0.130. The summed E-state index contributed by atoms with van der Waals surface area (Å²) in [6.07, 6.45) is 0. The van der Waals surface area contributed by atoms with Crippen LogP contribution in [0.2, 0.25) is 0 Å². The highest BCUT2D eigenvalue weighted by Crippen LogP contribution is 2.74. The smallest absolute Gasteiger partial charge is 0.238 e. The molecule has 0 aliphatic heterocycles. The Morgan fingerprint density at radius 1 is 0.310 bits per heavy atom. The van der Waals surface area contributed by atoms with Crippen molar-refractivity contribution in [3.63, 3.8) is 0 Å². The van der Waals surface area contributed by atoms with Crippen molar-refractivity contribution in [2.24, 2.45) is 0 Å². The van der Waals surface area contributed by atoms with Crippen molar-refractivity contribution in [3.8, 4) is 34.8 Å². The van der Waals surface area contributed by atoms with E-state index in [0.29, 0.717) is 23.2 Å². The first-order valence-corrected chi connectivity index (χ1v) is 26.8. The minimum Gasteiger partial charge on any atom is -0.278 e. The Morgan fingerprint density at radius 2 is 0.662 bits per heavy atom. The topological polar surface area (TPSA) is 67.4 Å². The van der Waals surface area contributed by atoms with Crippen molar-refractivity contribution in [3.05, 3.63) is 279 Å². The van der Waals surface area contributed by atoms with Gasteiger partial charge in [-0.15, -0.1) is 20.1 Å². The Bertz CT molecular complexity index is 3500. The Kier molecular flexibility index (Phi) is 11.4. The number of aromatic nitrogens is 4. The number of para-hydroxylation sites is 1. The maximum absolute atomic E-state index is 10.0. The molecule has 71 heavy (non-hydrogen) atoms. The van der Waals surface area contributed by atoms with Gasteiger partial charge in [0.05, 0.1) is 22.7 Å². The van der Waals surface area contributed by atoms with Gasteiger partial charge >= 0.3 is 0 Å². The zero-order valence-corrected chi connectivity index (χ0v) is 40.2. The zero-order valence-electron chi connectivity index (χ0n) is 38.5. The molecule has 10 aromatic carbocycles. The molecule has 0 fully saturated rings. The first-order valence-electron chi connectivity index (χ1n) is 23.5. The van der Waals surface area contributed by atoms with Crippen LogP contribution in [0.25, 0.3) is 50.5 Å². The molecule has 2 aromatic heterocycles. The Labute approximate surface area is 416 Å². The van der Waals surface area contributed by atoms with Gasteiger partial charge in [-0.3, -0.25) is 4.57 Å². The number of nitriles is 1. The lowest BCUT2D eigenvalue weighted by molar-refractivity contribution is 0.952. The van der Waals surface area contributed by atoms with Crippen LogP contribution in [0.15, 0.2) is 312 Å². The number of benzene rings is 10. The molecule has 5 nitrogen and oxygen atoms in total.